The monoisotopic (exact) mass is 402 g/mol. The summed E-state index contributed by atoms with van der Waals surface area (Å²) in [7, 11) is 0. The van der Waals surface area contributed by atoms with E-state index in [-0.39, 0.29) is 18.8 Å². The highest BCUT2D eigenvalue weighted by atomic mass is 35.5. The molecular formula is C21H19ClO6. The molecule has 0 aliphatic carbocycles. The lowest BCUT2D eigenvalue weighted by atomic mass is 10.1. The van der Waals surface area contributed by atoms with Crippen molar-refractivity contribution in [3.8, 4) is 0 Å². The molecule has 4 atom stereocenters. The first-order chi connectivity index (χ1) is 13.6. The van der Waals surface area contributed by atoms with Crippen LogP contribution in [-0.4, -0.2) is 49.4 Å². The van der Waals surface area contributed by atoms with Crippen molar-refractivity contribution in [2.45, 2.75) is 31.0 Å². The number of Topliss-reactive ketones (excluding diaryl/α,β-unsaturated/α-hetero) is 1. The average molecular weight is 403 g/mol. The topological polar surface area (TPSA) is 71.1 Å². The maximum Gasteiger partial charge on any atom is 0.380 e. The van der Waals surface area contributed by atoms with Crippen LogP contribution in [0.3, 0.4) is 0 Å². The van der Waals surface area contributed by atoms with Crippen molar-refractivity contribution >= 4 is 23.4 Å². The molecule has 0 radical (unpaired) electrons. The van der Waals surface area contributed by atoms with Crippen molar-refractivity contribution in [1.29, 1.82) is 0 Å². The molecule has 2 aromatic rings. The summed E-state index contributed by atoms with van der Waals surface area (Å²) < 4.78 is 22.7. The van der Waals surface area contributed by atoms with Gasteiger partial charge in [0.15, 0.2) is 6.10 Å². The van der Waals surface area contributed by atoms with E-state index in [1.165, 1.54) is 0 Å². The maximum atomic E-state index is 12.2. The van der Waals surface area contributed by atoms with Gasteiger partial charge >= 0.3 is 5.97 Å². The smallest absolute Gasteiger partial charge is 0.380 e. The standard InChI is InChI=1S/C21H19ClO6/c22-15-8-6-13(7-9-15)10-25-16-11-26-20-17(12-27-19(16)20)28-21(24)18(23)14-4-2-1-3-5-14/h1-9,16-17,19-20H,10-12H2/t16-,17+,19+,20+/m0/s1. The molecule has 146 valence electrons. The molecule has 28 heavy (non-hydrogen) atoms. The molecule has 0 spiro atoms. The molecule has 0 N–H and O–H groups in total. The second kappa shape index (κ2) is 8.41. The predicted molar refractivity (Wildman–Crippen MR) is 100 cm³/mol. The van der Waals surface area contributed by atoms with E-state index in [4.69, 9.17) is 30.5 Å². The van der Waals surface area contributed by atoms with E-state index in [1.807, 2.05) is 12.1 Å². The van der Waals surface area contributed by atoms with Crippen molar-refractivity contribution in [3.63, 3.8) is 0 Å². The number of carbonyl (C=O) groups is 2. The number of fused-ring (bicyclic) bond motifs is 1. The number of rotatable bonds is 6. The minimum Gasteiger partial charge on any atom is -0.451 e. The second-order valence-electron chi connectivity index (χ2n) is 6.71. The van der Waals surface area contributed by atoms with Gasteiger partial charge in [0, 0.05) is 10.6 Å². The number of esters is 1. The Bertz CT molecular complexity index is 838. The van der Waals surface area contributed by atoms with Crippen LogP contribution in [0.15, 0.2) is 54.6 Å². The summed E-state index contributed by atoms with van der Waals surface area (Å²) in [6, 6.07) is 15.7. The largest absolute Gasteiger partial charge is 0.451 e. The Balaban J connectivity index is 1.31. The maximum absolute atomic E-state index is 12.2. The van der Waals surface area contributed by atoms with Crippen molar-refractivity contribution < 1.29 is 28.5 Å². The number of benzene rings is 2. The van der Waals surface area contributed by atoms with Crippen molar-refractivity contribution in [2.24, 2.45) is 0 Å². The first kappa shape index (κ1) is 19.1. The highest BCUT2D eigenvalue weighted by Gasteiger charge is 2.50. The number of ether oxygens (including phenoxy) is 4. The third-order valence-corrected chi connectivity index (χ3v) is 5.07. The molecule has 2 heterocycles. The van der Waals surface area contributed by atoms with E-state index < -0.39 is 24.0 Å². The number of halogens is 1. The summed E-state index contributed by atoms with van der Waals surface area (Å²) >= 11 is 5.88. The molecule has 7 heteroatoms. The van der Waals surface area contributed by atoms with Gasteiger partial charge in [-0.05, 0) is 17.7 Å². The Labute approximate surface area is 167 Å². The fraction of sp³-hybridized carbons (Fsp3) is 0.333. The lowest BCUT2D eigenvalue weighted by Crippen LogP contribution is -2.36. The minimum atomic E-state index is -0.908. The van der Waals surface area contributed by atoms with E-state index in [2.05, 4.69) is 0 Å². The SMILES string of the molecule is O=C(O[C@@H]1CO[C@H]2[C@@H]1OC[C@@H]2OCc1ccc(Cl)cc1)C(=O)c1ccccc1. The van der Waals surface area contributed by atoms with Crippen molar-refractivity contribution in [2.75, 3.05) is 13.2 Å². The first-order valence-corrected chi connectivity index (χ1v) is 9.39. The second-order valence-corrected chi connectivity index (χ2v) is 7.15. The van der Waals surface area contributed by atoms with E-state index in [0.717, 1.165) is 5.56 Å². The zero-order chi connectivity index (χ0) is 19.5. The third-order valence-electron chi connectivity index (χ3n) is 4.82. The molecule has 2 aliphatic heterocycles. The van der Waals surface area contributed by atoms with E-state index in [9.17, 15) is 9.59 Å². The predicted octanol–water partition coefficient (Wildman–Crippen LogP) is 2.82. The zero-order valence-electron chi connectivity index (χ0n) is 15.0. The molecule has 2 fully saturated rings. The van der Waals surface area contributed by atoms with Crippen LogP contribution in [0.1, 0.15) is 15.9 Å². The minimum absolute atomic E-state index is 0.171. The number of carbonyl (C=O) groups excluding carboxylic acids is 2. The molecular weight excluding hydrogens is 384 g/mol. The van der Waals surface area contributed by atoms with Gasteiger partial charge in [-0.3, -0.25) is 4.79 Å². The van der Waals surface area contributed by atoms with Gasteiger partial charge in [0.2, 0.25) is 0 Å². The van der Waals surface area contributed by atoms with E-state index in [0.29, 0.717) is 23.8 Å². The molecule has 4 rings (SSSR count). The molecule has 0 amide bonds. The van der Waals surface area contributed by atoms with Gasteiger partial charge < -0.3 is 18.9 Å². The summed E-state index contributed by atoms with van der Waals surface area (Å²) in [4.78, 5) is 24.4. The van der Waals surface area contributed by atoms with Gasteiger partial charge in [0.1, 0.15) is 18.3 Å². The Morgan fingerprint density at radius 2 is 1.57 bits per heavy atom. The molecule has 0 unspecified atom stereocenters. The molecule has 0 bridgehead atoms. The fourth-order valence-electron chi connectivity index (χ4n) is 3.36. The van der Waals surface area contributed by atoms with Crippen LogP contribution in [-0.2, 0) is 30.3 Å². The number of ketones is 1. The van der Waals surface area contributed by atoms with Crippen LogP contribution in [0.5, 0.6) is 0 Å². The lowest BCUT2D eigenvalue weighted by molar-refractivity contribution is -0.148. The van der Waals surface area contributed by atoms with Crippen LogP contribution in [0, 0.1) is 0 Å². The summed E-state index contributed by atoms with van der Waals surface area (Å²) in [6.07, 6.45) is -1.68. The normalized spacial score (nSPS) is 26.0. The summed E-state index contributed by atoms with van der Waals surface area (Å²) in [5, 5.41) is 0.668. The third kappa shape index (κ3) is 4.10. The van der Waals surface area contributed by atoms with Gasteiger partial charge in [-0.1, -0.05) is 54.1 Å². The molecule has 2 aromatic carbocycles. The summed E-state index contributed by atoms with van der Waals surface area (Å²) in [5.74, 6) is -1.59. The Hall–Kier alpha value is -2.25. The number of hydrogen-bond donors (Lipinski definition) is 0. The molecule has 2 saturated heterocycles. The average Bonchev–Trinajstić information content (AvgIpc) is 3.31. The Morgan fingerprint density at radius 3 is 2.29 bits per heavy atom. The molecule has 0 aromatic heterocycles. The number of hydrogen-bond acceptors (Lipinski definition) is 6. The van der Waals surface area contributed by atoms with E-state index >= 15 is 0 Å². The summed E-state index contributed by atoms with van der Waals surface area (Å²) in [5.41, 5.74) is 1.28. The Morgan fingerprint density at radius 1 is 0.929 bits per heavy atom. The zero-order valence-corrected chi connectivity index (χ0v) is 15.7. The van der Waals surface area contributed by atoms with Gasteiger partial charge in [0.05, 0.1) is 19.8 Å². The van der Waals surface area contributed by atoms with Crippen molar-refractivity contribution in [1.82, 2.24) is 0 Å². The highest BCUT2D eigenvalue weighted by Crippen LogP contribution is 2.31. The van der Waals surface area contributed by atoms with Crippen LogP contribution in [0.4, 0.5) is 0 Å². The molecule has 2 aliphatic rings. The Kier molecular flexibility index (Phi) is 5.73. The van der Waals surface area contributed by atoms with Gasteiger partial charge in [-0.15, -0.1) is 0 Å². The van der Waals surface area contributed by atoms with Crippen molar-refractivity contribution in [3.05, 3.63) is 70.7 Å². The van der Waals surface area contributed by atoms with Gasteiger partial charge in [-0.25, -0.2) is 4.79 Å². The van der Waals surface area contributed by atoms with E-state index in [1.54, 1.807) is 42.5 Å². The fourth-order valence-corrected chi connectivity index (χ4v) is 3.48. The molecule has 6 nitrogen and oxygen atoms in total. The quantitative estimate of drug-likeness (QED) is 0.420. The molecule has 0 saturated carbocycles. The van der Waals surface area contributed by atoms with Crippen LogP contribution in [0.2, 0.25) is 5.02 Å². The lowest BCUT2D eigenvalue weighted by Gasteiger charge is -2.17. The van der Waals surface area contributed by atoms with Crippen LogP contribution in [0.25, 0.3) is 0 Å². The van der Waals surface area contributed by atoms with Crippen LogP contribution < -0.4 is 0 Å². The van der Waals surface area contributed by atoms with Gasteiger partial charge in [0.25, 0.3) is 5.78 Å². The first-order valence-electron chi connectivity index (χ1n) is 9.01. The van der Waals surface area contributed by atoms with Crippen LogP contribution >= 0.6 is 11.6 Å². The highest BCUT2D eigenvalue weighted by molar-refractivity contribution is 6.40. The van der Waals surface area contributed by atoms with Gasteiger partial charge in [-0.2, -0.15) is 0 Å². The summed E-state index contributed by atoms with van der Waals surface area (Å²) in [6.45, 7) is 0.905.